The number of carbonyl (C=O) groups is 1. The largest absolute Gasteiger partial charge is 0.471 e. The molecule has 1 aromatic carbocycles. The number of piperidine rings is 1. The zero-order chi connectivity index (χ0) is 22.6. The number of likely N-dealkylation sites (tertiary alicyclic amines) is 1. The lowest BCUT2D eigenvalue weighted by Gasteiger charge is -2.32. The summed E-state index contributed by atoms with van der Waals surface area (Å²) in [5.74, 6) is -1.57. The number of alkyl halides is 3. The van der Waals surface area contributed by atoms with Crippen molar-refractivity contribution in [3.8, 4) is 0 Å². The summed E-state index contributed by atoms with van der Waals surface area (Å²) in [6, 6.07) is 11.5. The molecule has 1 N–H and O–H groups in total. The first-order valence-electron chi connectivity index (χ1n) is 11.2. The molecular formula is C25H28F3N3O. The molecule has 1 aromatic heterocycles. The monoisotopic (exact) mass is 443 g/mol. The van der Waals surface area contributed by atoms with Gasteiger partial charge in [-0.15, -0.1) is 0 Å². The van der Waals surface area contributed by atoms with Gasteiger partial charge in [-0.1, -0.05) is 18.2 Å². The van der Waals surface area contributed by atoms with Gasteiger partial charge in [0.15, 0.2) is 0 Å². The van der Waals surface area contributed by atoms with E-state index in [4.69, 9.17) is 0 Å². The maximum Gasteiger partial charge on any atom is 0.471 e. The van der Waals surface area contributed by atoms with Crippen molar-refractivity contribution in [2.75, 3.05) is 18.4 Å². The highest BCUT2D eigenvalue weighted by molar-refractivity contribution is 5.97. The first-order valence-corrected chi connectivity index (χ1v) is 11.2. The quantitative estimate of drug-likeness (QED) is 0.624. The number of carbonyl (C=O) groups excluding carboxylic acids is 1. The number of halogens is 3. The number of hydrogen-bond acceptors (Lipinski definition) is 3. The fraction of sp³-hybridized carbons (Fsp3) is 0.440. The fourth-order valence-electron chi connectivity index (χ4n) is 4.61. The second kappa shape index (κ2) is 9.86. The van der Waals surface area contributed by atoms with Crippen LogP contribution in [0.1, 0.15) is 61.3 Å². The minimum Gasteiger partial charge on any atom is -0.318 e. The van der Waals surface area contributed by atoms with Gasteiger partial charge in [-0.05, 0) is 92.9 Å². The number of benzene rings is 1. The van der Waals surface area contributed by atoms with E-state index in [0.717, 1.165) is 80.6 Å². The molecule has 0 bridgehead atoms. The van der Waals surface area contributed by atoms with Crippen LogP contribution < -0.4 is 5.32 Å². The highest BCUT2D eigenvalue weighted by Gasteiger charge is 2.39. The molecule has 4 rings (SSSR count). The van der Waals surface area contributed by atoms with Gasteiger partial charge in [0.25, 0.3) is 0 Å². The maximum absolute atomic E-state index is 12.8. The van der Waals surface area contributed by atoms with Crippen molar-refractivity contribution in [3.63, 3.8) is 0 Å². The zero-order valence-electron chi connectivity index (χ0n) is 18.0. The van der Waals surface area contributed by atoms with Gasteiger partial charge in [0, 0.05) is 24.0 Å². The Balaban J connectivity index is 1.49. The van der Waals surface area contributed by atoms with Crippen molar-refractivity contribution in [3.05, 3.63) is 65.5 Å². The summed E-state index contributed by atoms with van der Waals surface area (Å²) in [5.41, 5.74) is 4.20. The summed E-state index contributed by atoms with van der Waals surface area (Å²) in [6.07, 6.45) is 4.80. The molecule has 0 atom stereocenters. The first-order chi connectivity index (χ1) is 15.4. The van der Waals surface area contributed by atoms with E-state index in [1.54, 1.807) is 6.07 Å². The molecular weight excluding hydrogens is 415 g/mol. The van der Waals surface area contributed by atoms with Crippen molar-refractivity contribution in [2.24, 2.45) is 0 Å². The molecule has 0 spiro atoms. The Morgan fingerprint density at radius 2 is 1.94 bits per heavy atom. The molecule has 1 saturated heterocycles. The third-order valence-corrected chi connectivity index (χ3v) is 6.36. The number of allylic oxidation sites excluding steroid dienone is 2. The molecule has 1 fully saturated rings. The van der Waals surface area contributed by atoms with Crippen LogP contribution in [0.15, 0.2) is 48.7 Å². The molecule has 0 saturated carbocycles. The third kappa shape index (κ3) is 5.57. The predicted molar refractivity (Wildman–Crippen MR) is 119 cm³/mol. The number of rotatable bonds is 5. The average molecular weight is 444 g/mol. The number of aromatic nitrogens is 1. The van der Waals surface area contributed by atoms with Crippen LogP contribution in [0.2, 0.25) is 0 Å². The minimum atomic E-state index is -4.91. The van der Waals surface area contributed by atoms with Crippen molar-refractivity contribution in [2.45, 2.75) is 57.2 Å². The third-order valence-electron chi connectivity index (χ3n) is 6.36. The van der Waals surface area contributed by atoms with Crippen molar-refractivity contribution < 1.29 is 18.0 Å². The molecule has 2 heterocycles. The lowest BCUT2D eigenvalue weighted by atomic mass is 9.85. The zero-order valence-corrected chi connectivity index (χ0v) is 18.0. The Bertz CT molecular complexity index is 964. The van der Waals surface area contributed by atoms with E-state index in [1.807, 2.05) is 36.5 Å². The number of amides is 1. The van der Waals surface area contributed by atoms with Crippen LogP contribution in [-0.2, 0) is 11.3 Å². The molecule has 2 aromatic rings. The Labute approximate surface area is 186 Å². The molecule has 4 nitrogen and oxygen atoms in total. The van der Waals surface area contributed by atoms with Crippen LogP contribution >= 0.6 is 0 Å². The normalized spacial score (nSPS) is 18.3. The Morgan fingerprint density at radius 1 is 1.12 bits per heavy atom. The van der Waals surface area contributed by atoms with E-state index in [0.29, 0.717) is 5.92 Å². The summed E-state index contributed by atoms with van der Waals surface area (Å²) >= 11 is 0. The molecule has 32 heavy (non-hydrogen) atoms. The minimum absolute atomic E-state index is 0.247. The van der Waals surface area contributed by atoms with Gasteiger partial charge in [0.2, 0.25) is 0 Å². The summed E-state index contributed by atoms with van der Waals surface area (Å²) in [4.78, 5) is 18.4. The summed E-state index contributed by atoms with van der Waals surface area (Å²) in [7, 11) is 0. The van der Waals surface area contributed by atoms with Crippen LogP contribution in [0.4, 0.5) is 18.9 Å². The van der Waals surface area contributed by atoms with E-state index in [9.17, 15) is 18.0 Å². The molecule has 2 aliphatic rings. The topological polar surface area (TPSA) is 45.2 Å². The van der Waals surface area contributed by atoms with Crippen molar-refractivity contribution >= 4 is 17.2 Å². The number of anilines is 1. The predicted octanol–water partition coefficient (Wildman–Crippen LogP) is 5.92. The molecule has 0 unspecified atom stereocenters. The lowest BCUT2D eigenvalue weighted by molar-refractivity contribution is -0.167. The van der Waals surface area contributed by atoms with Crippen LogP contribution in [-0.4, -0.2) is 35.1 Å². The highest BCUT2D eigenvalue weighted by atomic mass is 19.4. The van der Waals surface area contributed by atoms with E-state index in [2.05, 4.69) is 21.3 Å². The standard InChI is InChI=1S/C25H28F3N3O/c26-25(27,28)24(32)30-23-10-9-20(16-22(23)19-6-2-1-3-7-19)18-11-14-31(15-12-18)17-21-8-4-5-13-29-21/h4-6,8-10,13,16,18H,1-3,7,11-12,14-15,17H2,(H,30,32). The molecule has 170 valence electrons. The molecule has 1 amide bonds. The van der Waals surface area contributed by atoms with Gasteiger partial charge in [-0.2, -0.15) is 13.2 Å². The second-order valence-electron chi connectivity index (χ2n) is 8.60. The van der Waals surface area contributed by atoms with E-state index in [1.165, 1.54) is 0 Å². The summed E-state index contributed by atoms with van der Waals surface area (Å²) in [5, 5.41) is 2.09. The first kappa shape index (κ1) is 22.5. The van der Waals surface area contributed by atoms with Crippen LogP contribution in [0.5, 0.6) is 0 Å². The van der Waals surface area contributed by atoms with Crippen molar-refractivity contribution in [1.29, 1.82) is 0 Å². The van der Waals surface area contributed by atoms with Gasteiger partial charge in [0.05, 0.1) is 5.69 Å². The van der Waals surface area contributed by atoms with Gasteiger partial charge >= 0.3 is 12.1 Å². The van der Waals surface area contributed by atoms with E-state index in [-0.39, 0.29) is 5.69 Å². The van der Waals surface area contributed by atoms with Gasteiger partial charge < -0.3 is 5.32 Å². The Hall–Kier alpha value is -2.67. The number of hydrogen-bond donors (Lipinski definition) is 1. The second-order valence-corrected chi connectivity index (χ2v) is 8.60. The van der Waals surface area contributed by atoms with E-state index < -0.39 is 12.1 Å². The molecule has 0 radical (unpaired) electrons. The highest BCUT2D eigenvalue weighted by Crippen LogP contribution is 2.37. The smallest absolute Gasteiger partial charge is 0.318 e. The van der Waals surface area contributed by atoms with Crippen molar-refractivity contribution in [1.82, 2.24) is 9.88 Å². The van der Waals surface area contributed by atoms with Gasteiger partial charge in [0.1, 0.15) is 0 Å². The Morgan fingerprint density at radius 3 is 2.59 bits per heavy atom. The summed E-state index contributed by atoms with van der Waals surface area (Å²) < 4.78 is 38.5. The van der Waals surface area contributed by atoms with E-state index >= 15 is 0 Å². The molecule has 1 aliphatic carbocycles. The SMILES string of the molecule is O=C(Nc1ccc(C2CCN(Cc3ccccn3)CC2)cc1C1=CCCCC1)C(F)(F)F. The number of pyridine rings is 1. The summed E-state index contributed by atoms with van der Waals surface area (Å²) in [6.45, 7) is 2.73. The van der Waals surface area contributed by atoms with Crippen LogP contribution in [0, 0.1) is 0 Å². The number of nitrogens with one attached hydrogen (secondary N) is 1. The maximum atomic E-state index is 12.8. The lowest BCUT2D eigenvalue weighted by Crippen LogP contribution is -2.32. The van der Waals surface area contributed by atoms with Gasteiger partial charge in [-0.25, -0.2) is 0 Å². The van der Waals surface area contributed by atoms with Crippen LogP contribution in [0.25, 0.3) is 5.57 Å². The molecule has 1 aliphatic heterocycles. The Kier molecular flexibility index (Phi) is 6.94. The number of nitrogens with zero attached hydrogens (tertiary/aromatic N) is 2. The van der Waals surface area contributed by atoms with Gasteiger partial charge in [-0.3, -0.25) is 14.7 Å². The molecule has 7 heteroatoms. The average Bonchev–Trinajstić information content (AvgIpc) is 2.80. The van der Waals surface area contributed by atoms with Crippen LogP contribution in [0.3, 0.4) is 0 Å². The fourth-order valence-corrected chi connectivity index (χ4v) is 4.61.